The fourth-order valence-electron chi connectivity index (χ4n) is 3.62. The summed E-state index contributed by atoms with van der Waals surface area (Å²) < 4.78 is 34.3. The summed E-state index contributed by atoms with van der Waals surface area (Å²) in [6, 6.07) is 22.9. The van der Waals surface area contributed by atoms with Gasteiger partial charge in [0.2, 0.25) is 5.82 Å². The first-order valence-corrected chi connectivity index (χ1v) is 11.2. The average molecular weight is 446 g/mol. The molecule has 0 atom stereocenters. The fourth-order valence-corrected chi connectivity index (χ4v) is 3.62. The van der Waals surface area contributed by atoms with Crippen molar-refractivity contribution in [1.82, 2.24) is 4.57 Å². The van der Waals surface area contributed by atoms with E-state index in [-0.39, 0.29) is 11.5 Å². The number of aromatic nitrogens is 1. The summed E-state index contributed by atoms with van der Waals surface area (Å²) in [6.45, 7) is 3.43. The minimum Gasteiger partial charge on any atom is -0.494 e. The highest BCUT2D eigenvalue weighted by atomic mass is 19.1. The number of hydrogen-bond donors (Lipinski definition) is 0. The zero-order valence-electron chi connectivity index (χ0n) is 19.0. The first kappa shape index (κ1) is 22.5. The molecule has 0 radical (unpaired) electrons. The van der Waals surface area contributed by atoms with Crippen LogP contribution in [0, 0.1) is 5.82 Å². The molecule has 0 spiro atoms. The summed E-state index contributed by atoms with van der Waals surface area (Å²) in [6.07, 6.45) is 6.03. The average Bonchev–Trinajstić information content (AvgIpc) is 3.30. The summed E-state index contributed by atoms with van der Waals surface area (Å²) in [4.78, 5) is 0. The van der Waals surface area contributed by atoms with E-state index >= 15 is 0 Å². The number of halogens is 1. The van der Waals surface area contributed by atoms with E-state index in [1.54, 1.807) is 18.2 Å². The summed E-state index contributed by atoms with van der Waals surface area (Å²) >= 11 is 0. The molecule has 4 nitrogen and oxygen atoms in total. The summed E-state index contributed by atoms with van der Waals surface area (Å²) in [5, 5.41) is 0. The van der Waals surface area contributed by atoms with Gasteiger partial charge in [-0.1, -0.05) is 61.9 Å². The van der Waals surface area contributed by atoms with E-state index in [1.165, 1.54) is 12.7 Å². The van der Waals surface area contributed by atoms with Crippen molar-refractivity contribution in [1.29, 1.82) is 0 Å². The van der Waals surface area contributed by atoms with Crippen LogP contribution in [-0.4, -0.2) is 18.3 Å². The number of para-hydroxylation sites is 1. The zero-order chi connectivity index (χ0) is 23.0. The molecule has 33 heavy (non-hydrogen) atoms. The van der Waals surface area contributed by atoms with Crippen LogP contribution in [0.3, 0.4) is 0 Å². The third kappa shape index (κ3) is 5.37. The highest BCUT2D eigenvalue weighted by molar-refractivity contribution is 5.74. The second-order valence-corrected chi connectivity index (χ2v) is 7.77. The molecule has 5 heteroatoms. The van der Waals surface area contributed by atoms with E-state index in [0.29, 0.717) is 18.1 Å². The Labute approximate surface area is 194 Å². The Balaban J connectivity index is 1.70. The Morgan fingerprint density at radius 1 is 0.848 bits per heavy atom. The van der Waals surface area contributed by atoms with Gasteiger partial charge in [-0.2, -0.15) is 4.39 Å². The minimum atomic E-state index is -0.545. The molecular formula is C28H28FNO3. The van der Waals surface area contributed by atoms with Crippen LogP contribution in [0.4, 0.5) is 4.39 Å². The summed E-state index contributed by atoms with van der Waals surface area (Å²) in [5.74, 6) is 0.742. The Morgan fingerprint density at radius 2 is 1.61 bits per heavy atom. The number of methoxy groups -OCH3 is 1. The molecule has 0 aliphatic rings. The topological polar surface area (TPSA) is 32.6 Å². The van der Waals surface area contributed by atoms with Crippen molar-refractivity contribution in [2.24, 2.45) is 0 Å². The fraction of sp³-hybridized carbons (Fsp3) is 0.214. The van der Waals surface area contributed by atoms with Crippen LogP contribution in [0.5, 0.6) is 23.0 Å². The second-order valence-electron chi connectivity index (χ2n) is 7.77. The number of rotatable bonds is 10. The molecule has 0 aliphatic carbocycles. The van der Waals surface area contributed by atoms with Gasteiger partial charge in [0.15, 0.2) is 23.0 Å². The van der Waals surface area contributed by atoms with E-state index in [1.807, 2.05) is 48.7 Å². The first-order chi connectivity index (χ1) is 16.2. The van der Waals surface area contributed by atoms with E-state index in [2.05, 4.69) is 29.8 Å². The monoisotopic (exact) mass is 445 g/mol. The highest BCUT2D eigenvalue weighted by Gasteiger charge is 2.18. The molecular weight excluding hydrogens is 417 g/mol. The van der Waals surface area contributed by atoms with Gasteiger partial charge in [-0.25, -0.2) is 0 Å². The first-order valence-electron chi connectivity index (χ1n) is 11.2. The van der Waals surface area contributed by atoms with Crippen LogP contribution in [-0.2, 0) is 6.54 Å². The number of unbranched alkanes of at least 4 members (excludes halogenated alkanes) is 1. The lowest BCUT2D eigenvalue weighted by Crippen LogP contribution is -2.01. The van der Waals surface area contributed by atoms with E-state index in [4.69, 9.17) is 14.2 Å². The van der Waals surface area contributed by atoms with Crippen LogP contribution in [0.2, 0.25) is 0 Å². The minimum absolute atomic E-state index is 0.0888. The second kappa shape index (κ2) is 10.7. The smallest absolute Gasteiger partial charge is 0.207 e. The largest absolute Gasteiger partial charge is 0.494 e. The standard InChI is InChI=1S/C28H28FNO3/c1-3-4-18-32-26-15-8-12-23(28(26)33-25-14-9-13-24(31-2)27(25)29)22-16-17-30(20-22)19-21-10-6-5-7-11-21/h5-17,20H,3-4,18-19H2,1-2H3. The lowest BCUT2D eigenvalue weighted by molar-refractivity contribution is 0.293. The van der Waals surface area contributed by atoms with Crippen LogP contribution >= 0.6 is 0 Å². The van der Waals surface area contributed by atoms with Crippen molar-refractivity contribution in [3.63, 3.8) is 0 Å². The molecule has 1 aromatic heterocycles. The van der Waals surface area contributed by atoms with Crippen molar-refractivity contribution < 1.29 is 18.6 Å². The van der Waals surface area contributed by atoms with Gasteiger partial charge < -0.3 is 18.8 Å². The van der Waals surface area contributed by atoms with Gasteiger partial charge in [-0.15, -0.1) is 0 Å². The summed E-state index contributed by atoms with van der Waals surface area (Å²) in [5.41, 5.74) is 3.01. The molecule has 0 N–H and O–H groups in total. The lowest BCUT2D eigenvalue weighted by Gasteiger charge is -2.17. The van der Waals surface area contributed by atoms with Crippen molar-refractivity contribution >= 4 is 0 Å². The van der Waals surface area contributed by atoms with Gasteiger partial charge in [-0.05, 0) is 36.2 Å². The predicted octanol–water partition coefficient (Wildman–Crippen LogP) is 7.32. The Hall–Kier alpha value is -3.73. The maximum Gasteiger partial charge on any atom is 0.207 e. The van der Waals surface area contributed by atoms with Gasteiger partial charge >= 0.3 is 0 Å². The molecule has 4 rings (SSSR count). The lowest BCUT2D eigenvalue weighted by atomic mass is 10.1. The molecule has 0 bridgehead atoms. The highest BCUT2D eigenvalue weighted by Crippen LogP contribution is 2.42. The molecule has 0 saturated carbocycles. The number of hydrogen-bond acceptors (Lipinski definition) is 3. The van der Waals surface area contributed by atoms with Crippen LogP contribution < -0.4 is 14.2 Å². The summed E-state index contributed by atoms with van der Waals surface area (Å²) in [7, 11) is 1.44. The molecule has 0 aliphatic heterocycles. The van der Waals surface area contributed by atoms with Gasteiger partial charge in [-0.3, -0.25) is 0 Å². The third-order valence-electron chi connectivity index (χ3n) is 5.36. The van der Waals surface area contributed by atoms with E-state index in [9.17, 15) is 4.39 Å². The Bertz CT molecular complexity index is 1190. The van der Waals surface area contributed by atoms with Gasteiger partial charge in [0.1, 0.15) is 0 Å². The molecule has 0 saturated heterocycles. The van der Waals surface area contributed by atoms with Crippen molar-refractivity contribution in [3.8, 4) is 34.1 Å². The molecule has 170 valence electrons. The predicted molar refractivity (Wildman–Crippen MR) is 129 cm³/mol. The maximum atomic E-state index is 14.9. The number of nitrogens with zero attached hydrogens (tertiary/aromatic N) is 1. The molecule has 4 aromatic rings. The molecule has 0 fully saturated rings. The Kier molecular flexibility index (Phi) is 7.30. The third-order valence-corrected chi connectivity index (χ3v) is 5.36. The van der Waals surface area contributed by atoms with E-state index < -0.39 is 5.82 Å². The normalized spacial score (nSPS) is 10.8. The van der Waals surface area contributed by atoms with Gasteiger partial charge in [0.05, 0.1) is 13.7 Å². The SMILES string of the molecule is CCCCOc1cccc(-c2ccn(Cc3ccccc3)c2)c1Oc1cccc(OC)c1F. The maximum absolute atomic E-state index is 14.9. The van der Waals surface area contributed by atoms with Gasteiger partial charge in [0.25, 0.3) is 0 Å². The molecule has 0 unspecified atom stereocenters. The van der Waals surface area contributed by atoms with Crippen LogP contribution in [0.15, 0.2) is 85.2 Å². The van der Waals surface area contributed by atoms with Crippen molar-refractivity contribution in [3.05, 3.63) is 96.6 Å². The molecule has 0 amide bonds. The van der Waals surface area contributed by atoms with Crippen LogP contribution in [0.25, 0.3) is 11.1 Å². The zero-order valence-corrected chi connectivity index (χ0v) is 19.0. The molecule has 1 heterocycles. The Morgan fingerprint density at radius 3 is 2.39 bits per heavy atom. The van der Waals surface area contributed by atoms with Gasteiger partial charge in [0, 0.05) is 30.1 Å². The quantitative estimate of drug-likeness (QED) is 0.240. The van der Waals surface area contributed by atoms with E-state index in [0.717, 1.165) is 30.5 Å². The number of benzene rings is 3. The van der Waals surface area contributed by atoms with Crippen molar-refractivity contribution in [2.75, 3.05) is 13.7 Å². The van der Waals surface area contributed by atoms with Crippen molar-refractivity contribution in [2.45, 2.75) is 26.3 Å². The van der Waals surface area contributed by atoms with Crippen LogP contribution in [0.1, 0.15) is 25.3 Å². The molecule has 3 aromatic carbocycles. The number of ether oxygens (including phenoxy) is 3.